The number of ether oxygens (including phenoxy) is 1. The Morgan fingerprint density at radius 3 is 2.54 bits per heavy atom. The van der Waals surface area contributed by atoms with E-state index in [0.29, 0.717) is 13.1 Å². The van der Waals surface area contributed by atoms with Crippen molar-refractivity contribution in [3.8, 4) is 0 Å². The number of nitrogens with one attached hydrogen (secondary N) is 1. The Balaban J connectivity index is 0. The molecule has 0 spiro atoms. The first-order chi connectivity index (χ1) is 6.22. The average molecular weight is 192 g/mol. The molecule has 4 N–H and O–H groups in total. The molecule has 0 aliphatic rings. The van der Waals surface area contributed by atoms with Crippen LogP contribution in [0.2, 0.25) is 0 Å². The quantitative estimate of drug-likeness (QED) is 0.527. The topological polar surface area (TPSA) is 84.6 Å². The first kappa shape index (κ1) is 14.9. The van der Waals surface area contributed by atoms with Crippen molar-refractivity contribution in [1.82, 2.24) is 5.32 Å². The lowest BCUT2D eigenvalue weighted by Gasteiger charge is -2.08. The number of hydrogen-bond donors (Lipinski definition) is 3. The molecule has 1 atom stereocenters. The number of aliphatic hydroxyl groups is 1. The molecule has 1 unspecified atom stereocenters. The molecule has 0 aromatic heterocycles. The molecular weight excluding hydrogens is 172 g/mol. The van der Waals surface area contributed by atoms with Gasteiger partial charge in [0.05, 0.1) is 6.61 Å². The van der Waals surface area contributed by atoms with Crippen LogP contribution in [-0.2, 0) is 9.53 Å². The lowest BCUT2D eigenvalue weighted by Crippen LogP contribution is -2.39. The van der Waals surface area contributed by atoms with Gasteiger partial charge in [-0.3, -0.25) is 4.79 Å². The second-order valence-corrected chi connectivity index (χ2v) is 2.05. The van der Waals surface area contributed by atoms with Gasteiger partial charge in [-0.15, -0.1) is 0 Å². The smallest absolute Gasteiger partial charge is 0.251 e. The van der Waals surface area contributed by atoms with Crippen molar-refractivity contribution >= 4 is 5.91 Å². The fourth-order valence-electron chi connectivity index (χ4n) is 0.547. The predicted octanol–water partition coefficient (Wildman–Crippen LogP) is -0.905. The molecule has 0 aromatic rings. The van der Waals surface area contributed by atoms with Crippen LogP contribution in [0.4, 0.5) is 0 Å². The molecule has 0 aliphatic carbocycles. The third-order valence-electron chi connectivity index (χ3n) is 1.07. The summed E-state index contributed by atoms with van der Waals surface area (Å²) in [6.45, 7) is 4.75. The van der Waals surface area contributed by atoms with Crippen molar-refractivity contribution in [3.63, 3.8) is 0 Å². The first-order valence-electron chi connectivity index (χ1n) is 4.37. The number of rotatable bonds is 5. The Morgan fingerprint density at radius 1 is 1.62 bits per heavy atom. The number of carbonyl (C=O) groups excluding carboxylic acids is 1. The molecule has 80 valence electrons. The molecule has 0 radical (unpaired) electrons. The Kier molecular flexibility index (Phi) is 13.0. The molecule has 13 heavy (non-hydrogen) atoms. The number of aliphatic hydroxyl groups excluding tert-OH is 1. The second-order valence-electron chi connectivity index (χ2n) is 2.05. The summed E-state index contributed by atoms with van der Waals surface area (Å²) in [7, 11) is 1.42. The highest BCUT2D eigenvalue weighted by Crippen LogP contribution is 1.82. The molecule has 0 heterocycles. The van der Waals surface area contributed by atoms with Gasteiger partial charge in [-0.25, -0.2) is 0 Å². The van der Waals surface area contributed by atoms with Gasteiger partial charge in [0.25, 0.3) is 5.91 Å². The molecule has 5 heteroatoms. The van der Waals surface area contributed by atoms with Gasteiger partial charge >= 0.3 is 0 Å². The summed E-state index contributed by atoms with van der Waals surface area (Å²) in [5.74, 6) is -0.447. The highest BCUT2D eigenvalue weighted by Gasteiger charge is 2.12. The maximum Gasteiger partial charge on any atom is 0.251 e. The van der Waals surface area contributed by atoms with Gasteiger partial charge < -0.3 is 20.9 Å². The number of nitrogens with two attached hydrogens (primary N) is 1. The van der Waals surface area contributed by atoms with Gasteiger partial charge in [-0.05, 0) is 0 Å². The fraction of sp³-hybridized carbons (Fsp3) is 0.875. The van der Waals surface area contributed by atoms with Crippen molar-refractivity contribution in [3.05, 3.63) is 0 Å². The van der Waals surface area contributed by atoms with Crippen molar-refractivity contribution in [2.75, 3.05) is 26.8 Å². The van der Waals surface area contributed by atoms with Gasteiger partial charge in [0, 0.05) is 20.2 Å². The number of methoxy groups -OCH3 is 1. The maximum absolute atomic E-state index is 10.8. The average Bonchev–Trinajstić information content (AvgIpc) is 2.17. The van der Waals surface area contributed by atoms with E-state index in [1.807, 2.05) is 13.8 Å². The molecule has 0 aliphatic heterocycles. The van der Waals surface area contributed by atoms with Crippen LogP contribution in [-0.4, -0.2) is 43.9 Å². The zero-order valence-electron chi connectivity index (χ0n) is 8.54. The minimum Gasteiger partial charge on any atom is -0.381 e. The lowest BCUT2D eigenvalue weighted by molar-refractivity contribution is -0.131. The normalized spacial score (nSPS) is 11.2. The van der Waals surface area contributed by atoms with E-state index in [-0.39, 0.29) is 6.61 Å². The molecule has 1 amide bonds. The Bertz CT molecular complexity index is 120. The number of hydrogen-bond acceptors (Lipinski definition) is 4. The van der Waals surface area contributed by atoms with E-state index >= 15 is 0 Å². The predicted molar refractivity (Wildman–Crippen MR) is 51.3 cm³/mol. The molecular formula is C8H20N2O3. The molecule has 0 saturated carbocycles. The van der Waals surface area contributed by atoms with Crippen molar-refractivity contribution < 1.29 is 14.6 Å². The van der Waals surface area contributed by atoms with E-state index in [9.17, 15) is 4.79 Å². The van der Waals surface area contributed by atoms with E-state index < -0.39 is 12.0 Å². The number of carbonyl (C=O) groups is 1. The van der Waals surface area contributed by atoms with Crippen molar-refractivity contribution in [2.24, 2.45) is 5.73 Å². The van der Waals surface area contributed by atoms with Gasteiger partial charge in [0.1, 0.15) is 0 Å². The minimum atomic E-state index is -1.09. The van der Waals surface area contributed by atoms with Gasteiger partial charge in [-0.1, -0.05) is 13.8 Å². The fourth-order valence-corrected chi connectivity index (χ4v) is 0.547. The van der Waals surface area contributed by atoms with Crippen LogP contribution < -0.4 is 11.1 Å². The largest absolute Gasteiger partial charge is 0.381 e. The Labute approximate surface area is 79.3 Å². The van der Waals surface area contributed by atoms with Crippen LogP contribution >= 0.6 is 0 Å². The molecule has 0 fully saturated rings. The van der Waals surface area contributed by atoms with E-state index in [0.717, 1.165) is 0 Å². The summed E-state index contributed by atoms with van der Waals surface area (Å²) >= 11 is 0. The standard InChI is InChI=1S/C6H14N2O3.C2H6/c1-11-4-5(9)6(10)8-3-2-7;1-2/h5,9H,2-4,7H2,1H3,(H,8,10);1-2H3. The van der Waals surface area contributed by atoms with Gasteiger partial charge in [0.2, 0.25) is 0 Å². The Morgan fingerprint density at radius 2 is 2.15 bits per heavy atom. The first-order valence-corrected chi connectivity index (χ1v) is 4.37. The van der Waals surface area contributed by atoms with Crippen LogP contribution in [0, 0.1) is 0 Å². The third-order valence-corrected chi connectivity index (χ3v) is 1.07. The summed E-state index contributed by atoms with van der Waals surface area (Å²) in [6, 6.07) is 0. The Hall–Kier alpha value is -0.650. The highest BCUT2D eigenvalue weighted by atomic mass is 16.5. The van der Waals surface area contributed by atoms with Gasteiger partial charge in [-0.2, -0.15) is 0 Å². The molecule has 0 bridgehead atoms. The van der Waals surface area contributed by atoms with E-state index in [1.165, 1.54) is 7.11 Å². The monoisotopic (exact) mass is 192 g/mol. The highest BCUT2D eigenvalue weighted by molar-refractivity contribution is 5.80. The van der Waals surface area contributed by atoms with Crippen LogP contribution in [0.25, 0.3) is 0 Å². The van der Waals surface area contributed by atoms with Gasteiger partial charge in [0.15, 0.2) is 6.10 Å². The zero-order valence-corrected chi connectivity index (χ0v) is 8.54. The van der Waals surface area contributed by atoms with Crippen LogP contribution in [0.3, 0.4) is 0 Å². The van der Waals surface area contributed by atoms with Crippen LogP contribution in [0.15, 0.2) is 0 Å². The zero-order chi connectivity index (χ0) is 10.7. The minimum absolute atomic E-state index is 0.0103. The SMILES string of the molecule is CC.COCC(O)C(=O)NCCN. The lowest BCUT2D eigenvalue weighted by atomic mass is 10.3. The van der Waals surface area contributed by atoms with Crippen molar-refractivity contribution in [1.29, 1.82) is 0 Å². The molecule has 0 rings (SSSR count). The summed E-state index contributed by atoms with van der Waals surface area (Å²) < 4.78 is 4.56. The molecule has 0 aromatic carbocycles. The number of amides is 1. The molecule has 5 nitrogen and oxygen atoms in total. The summed E-state index contributed by atoms with van der Waals surface area (Å²) in [4.78, 5) is 10.8. The van der Waals surface area contributed by atoms with Crippen molar-refractivity contribution in [2.45, 2.75) is 20.0 Å². The summed E-state index contributed by atoms with van der Waals surface area (Å²) in [5.41, 5.74) is 5.12. The molecule has 0 saturated heterocycles. The van der Waals surface area contributed by atoms with E-state index in [2.05, 4.69) is 10.1 Å². The van der Waals surface area contributed by atoms with Crippen LogP contribution in [0.1, 0.15) is 13.8 Å². The van der Waals surface area contributed by atoms with E-state index in [1.54, 1.807) is 0 Å². The maximum atomic E-state index is 10.8. The van der Waals surface area contributed by atoms with Crippen LogP contribution in [0.5, 0.6) is 0 Å². The second kappa shape index (κ2) is 11.4. The summed E-state index contributed by atoms with van der Waals surface area (Å²) in [6.07, 6.45) is -1.09. The van der Waals surface area contributed by atoms with E-state index in [4.69, 9.17) is 10.8 Å². The third kappa shape index (κ3) is 9.26. The summed E-state index contributed by atoms with van der Waals surface area (Å²) in [5, 5.41) is 11.4.